The van der Waals surface area contributed by atoms with Crippen molar-refractivity contribution < 1.29 is 15.0 Å². The normalized spacial score (nSPS) is 14.3. The van der Waals surface area contributed by atoms with Gasteiger partial charge in [0, 0.05) is 12.3 Å². The number of carbonyl (C=O) groups excluding carboxylic acids is 1. The van der Waals surface area contributed by atoms with Crippen LogP contribution in [0.15, 0.2) is 35.3 Å². The molecule has 2 aromatic rings. The maximum absolute atomic E-state index is 11.2. The lowest BCUT2D eigenvalue weighted by molar-refractivity contribution is -0.131. The van der Waals surface area contributed by atoms with Gasteiger partial charge >= 0.3 is 0 Å². The van der Waals surface area contributed by atoms with Gasteiger partial charge in [0.2, 0.25) is 11.5 Å². The number of aromatic amines is 1. The van der Waals surface area contributed by atoms with Crippen LogP contribution in [-0.4, -0.2) is 27.2 Å². The van der Waals surface area contributed by atoms with Gasteiger partial charge in [-0.2, -0.15) is 0 Å². The van der Waals surface area contributed by atoms with E-state index in [0.717, 1.165) is 5.39 Å². The topological polar surface area (TPSA) is 116 Å². The van der Waals surface area contributed by atoms with E-state index in [0.29, 0.717) is 10.9 Å². The molecule has 0 aliphatic carbocycles. The third-order valence-electron chi connectivity index (χ3n) is 2.70. The van der Waals surface area contributed by atoms with Crippen LogP contribution in [0.4, 0.5) is 0 Å². The Morgan fingerprint density at radius 2 is 1.94 bits per heavy atom. The summed E-state index contributed by atoms with van der Waals surface area (Å²) >= 11 is 0. The Morgan fingerprint density at radius 1 is 1.22 bits per heavy atom. The minimum Gasteiger partial charge on any atom is -0.385 e. The molecule has 0 fully saturated rings. The smallest absolute Gasteiger partial charge is 0.249 e. The molecule has 0 saturated heterocycles. The Kier molecular flexibility index (Phi) is 3.14. The van der Waals surface area contributed by atoms with Crippen molar-refractivity contribution in [1.82, 2.24) is 4.98 Å². The van der Waals surface area contributed by atoms with Crippen molar-refractivity contribution in [3.05, 3.63) is 46.4 Å². The average Bonchev–Trinajstić information content (AvgIpc) is 2.35. The van der Waals surface area contributed by atoms with Gasteiger partial charge in [0.1, 0.15) is 6.10 Å². The first-order valence-electron chi connectivity index (χ1n) is 5.27. The fourth-order valence-electron chi connectivity index (χ4n) is 1.70. The fourth-order valence-corrected chi connectivity index (χ4v) is 1.70. The zero-order valence-electron chi connectivity index (χ0n) is 9.33. The summed E-state index contributed by atoms with van der Waals surface area (Å²) in [6.07, 6.45) is -1.55. The summed E-state index contributed by atoms with van der Waals surface area (Å²) in [7, 11) is 0. The third kappa shape index (κ3) is 2.24. The number of aliphatic hydroxyl groups is 2. The van der Waals surface area contributed by atoms with E-state index in [1.54, 1.807) is 18.3 Å². The minimum absolute atomic E-state index is 0.274. The molecule has 0 saturated carbocycles. The highest BCUT2D eigenvalue weighted by Crippen LogP contribution is 2.21. The molecule has 0 spiro atoms. The van der Waals surface area contributed by atoms with E-state index >= 15 is 0 Å². The van der Waals surface area contributed by atoms with Crippen molar-refractivity contribution in [3.8, 4) is 0 Å². The number of aliphatic hydroxyl groups excluding tert-OH is 2. The van der Waals surface area contributed by atoms with Crippen LogP contribution in [0.25, 0.3) is 10.8 Å². The average molecular weight is 248 g/mol. The number of amides is 1. The number of rotatable bonds is 3. The van der Waals surface area contributed by atoms with E-state index in [2.05, 4.69) is 4.98 Å². The highest BCUT2D eigenvalue weighted by molar-refractivity contribution is 5.83. The van der Waals surface area contributed by atoms with E-state index in [1.165, 1.54) is 12.1 Å². The molecule has 1 heterocycles. The summed E-state index contributed by atoms with van der Waals surface area (Å²) < 4.78 is 0. The zero-order valence-corrected chi connectivity index (χ0v) is 9.33. The Labute approximate surface area is 102 Å². The summed E-state index contributed by atoms with van der Waals surface area (Å²) in [5.74, 6) is -1.01. The van der Waals surface area contributed by atoms with Gasteiger partial charge in [-0.25, -0.2) is 0 Å². The van der Waals surface area contributed by atoms with Crippen LogP contribution in [0.1, 0.15) is 11.7 Å². The molecule has 2 rings (SSSR count). The maximum atomic E-state index is 11.2. The minimum atomic E-state index is -1.68. The first-order valence-corrected chi connectivity index (χ1v) is 5.27. The van der Waals surface area contributed by atoms with Crippen molar-refractivity contribution in [2.75, 3.05) is 0 Å². The van der Waals surface area contributed by atoms with Crippen molar-refractivity contribution >= 4 is 16.7 Å². The molecule has 18 heavy (non-hydrogen) atoms. The number of hydrogen-bond donors (Lipinski definition) is 4. The molecule has 0 radical (unpaired) electrons. The van der Waals surface area contributed by atoms with Gasteiger partial charge in [0.25, 0.3) is 0 Å². The Morgan fingerprint density at radius 3 is 2.61 bits per heavy atom. The quantitative estimate of drug-likeness (QED) is 0.580. The Balaban J connectivity index is 2.46. The lowest BCUT2D eigenvalue weighted by Crippen LogP contribution is -2.33. The first kappa shape index (κ1) is 12.3. The van der Waals surface area contributed by atoms with Crippen molar-refractivity contribution in [2.24, 2.45) is 5.73 Å². The molecular formula is C12H12N2O4. The summed E-state index contributed by atoms with van der Waals surface area (Å²) in [6, 6.07) is 6.11. The number of benzene rings is 1. The molecule has 0 aliphatic heterocycles. The number of nitrogens with two attached hydrogens (primary N) is 1. The summed E-state index contributed by atoms with van der Waals surface area (Å²) in [4.78, 5) is 24.5. The van der Waals surface area contributed by atoms with E-state index in [9.17, 15) is 19.8 Å². The molecule has 0 aliphatic rings. The molecule has 1 aromatic carbocycles. The lowest BCUT2D eigenvalue weighted by Gasteiger charge is -2.15. The molecular weight excluding hydrogens is 236 g/mol. The van der Waals surface area contributed by atoms with E-state index < -0.39 is 18.1 Å². The van der Waals surface area contributed by atoms with Crippen LogP contribution >= 0.6 is 0 Å². The second-order valence-corrected chi connectivity index (χ2v) is 3.98. The second-order valence-electron chi connectivity index (χ2n) is 3.98. The molecule has 6 heteroatoms. The van der Waals surface area contributed by atoms with Gasteiger partial charge in [-0.05, 0) is 22.4 Å². The van der Waals surface area contributed by atoms with Crippen LogP contribution in [0.5, 0.6) is 0 Å². The zero-order chi connectivity index (χ0) is 13.3. The monoisotopic (exact) mass is 248 g/mol. The van der Waals surface area contributed by atoms with Crippen LogP contribution < -0.4 is 11.3 Å². The van der Waals surface area contributed by atoms with Crippen LogP contribution in [0, 0.1) is 0 Å². The molecule has 94 valence electrons. The van der Waals surface area contributed by atoms with E-state index in [-0.39, 0.29) is 5.56 Å². The van der Waals surface area contributed by atoms with E-state index in [4.69, 9.17) is 5.73 Å². The highest BCUT2D eigenvalue weighted by atomic mass is 16.3. The van der Waals surface area contributed by atoms with E-state index in [1.807, 2.05) is 0 Å². The predicted octanol–water partition coefficient (Wildman–Crippen LogP) is -0.592. The summed E-state index contributed by atoms with van der Waals surface area (Å²) in [6.45, 7) is 0. The largest absolute Gasteiger partial charge is 0.385 e. The number of carbonyl (C=O) groups is 1. The fraction of sp³-hybridized carbons (Fsp3) is 0.167. The lowest BCUT2D eigenvalue weighted by atomic mass is 10.0. The molecule has 2 unspecified atom stereocenters. The molecule has 6 nitrogen and oxygen atoms in total. The second kappa shape index (κ2) is 4.59. The SMILES string of the molecule is NC(=O)C(O)C(O)c1ccc2c[nH]c(=O)cc2c1. The first-order chi connectivity index (χ1) is 8.49. The number of hydrogen-bond acceptors (Lipinski definition) is 4. The number of primary amides is 1. The van der Waals surface area contributed by atoms with Crippen molar-refractivity contribution in [2.45, 2.75) is 12.2 Å². The predicted molar refractivity (Wildman–Crippen MR) is 64.7 cm³/mol. The Bertz CT molecular complexity index is 650. The number of nitrogens with one attached hydrogen (secondary N) is 1. The summed E-state index contributed by atoms with van der Waals surface area (Å²) in [5, 5.41) is 20.5. The standard InChI is InChI=1S/C12H12N2O4/c13-12(18)11(17)10(16)6-1-2-7-5-14-9(15)4-8(7)3-6/h1-5,10-11,16-17H,(H2,13,18)(H,14,15). The van der Waals surface area contributed by atoms with Crippen LogP contribution in [-0.2, 0) is 4.79 Å². The highest BCUT2D eigenvalue weighted by Gasteiger charge is 2.23. The Hall–Kier alpha value is -2.18. The van der Waals surface area contributed by atoms with Gasteiger partial charge in [0.15, 0.2) is 6.10 Å². The van der Waals surface area contributed by atoms with Crippen molar-refractivity contribution in [1.29, 1.82) is 0 Å². The van der Waals surface area contributed by atoms with Crippen molar-refractivity contribution in [3.63, 3.8) is 0 Å². The third-order valence-corrected chi connectivity index (χ3v) is 2.70. The van der Waals surface area contributed by atoms with Gasteiger partial charge in [-0.3, -0.25) is 9.59 Å². The molecule has 1 amide bonds. The van der Waals surface area contributed by atoms with Crippen LogP contribution in [0.3, 0.4) is 0 Å². The van der Waals surface area contributed by atoms with Gasteiger partial charge < -0.3 is 20.9 Å². The summed E-state index contributed by atoms with van der Waals surface area (Å²) in [5.41, 5.74) is 4.95. The molecule has 5 N–H and O–H groups in total. The molecule has 2 atom stereocenters. The number of fused-ring (bicyclic) bond motifs is 1. The van der Waals surface area contributed by atoms with Gasteiger partial charge in [0.05, 0.1) is 0 Å². The number of aromatic nitrogens is 1. The molecule has 0 bridgehead atoms. The molecule has 1 aromatic heterocycles. The van der Waals surface area contributed by atoms with Gasteiger partial charge in [-0.1, -0.05) is 12.1 Å². The number of pyridine rings is 1. The number of H-pyrrole nitrogens is 1. The van der Waals surface area contributed by atoms with Crippen LogP contribution in [0.2, 0.25) is 0 Å². The maximum Gasteiger partial charge on any atom is 0.249 e. The van der Waals surface area contributed by atoms with Gasteiger partial charge in [-0.15, -0.1) is 0 Å².